The molecule has 0 aromatic carbocycles. The standard InChI is InChI=1S/C13H25N3O3S/c1-11-6-7-12(13(14)17)10-16(11)20(18,19)15-8-4-2-3-5-9-15/h11-12H,2-10H2,1H3,(H2,14,17). The number of hydrogen-bond donors (Lipinski definition) is 1. The molecule has 2 unspecified atom stereocenters. The fourth-order valence-electron chi connectivity index (χ4n) is 3.05. The Kier molecular flexibility index (Phi) is 5.04. The largest absolute Gasteiger partial charge is 0.369 e. The van der Waals surface area contributed by atoms with Crippen LogP contribution in [-0.2, 0) is 15.0 Å². The van der Waals surface area contributed by atoms with Crippen molar-refractivity contribution in [2.24, 2.45) is 11.7 Å². The summed E-state index contributed by atoms with van der Waals surface area (Å²) in [5.74, 6) is -0.749. The highest BCUT2D eigenvalue weighted by Crippen LogP contribution is 2.27. The topological polar surface area (TPSA) is 83.7 Å². The van der Waals surface area contributed by atoms with Gasteiger partial charge in [0, 0.05) is 25.7 Å². The first kappa shape index (κ1) is 15.7. The van der Waals surface area contributed by atoms with E-state index in [0.717, 1.165) is 25.7 Å². The van der Waals surface area contributed by atoms with E-state index in [9.17, 15) is 13.2 Å². The maximum Gasteiger partial charge on any atom is 0.282 e. The summed E-state index contributed by atoms with van der Waals surface area (Å²) in [4.78, 5) is 11.4. The third-order valence-corrected chi connectivity index (χ3v) is 6.53. The van der Waals surface area contributed by atoms with Crippen LogP contribution in [0.25, 0.3) is 0 Å². The number of primary amides is 1. The van der Waals surface area contributed by atoms with E-state index in [1.54, 1.807) is 4.31 Å². The monoisotopic (exact) mass is 303 g/mol. The lowest BCUT2D eigenvalue weighted by molar-refractivity contribution is -0.123. The highest BCUT2D eigenvalue weighted by molar-refractivity contribution is 7.86. The van der Waals surface area contributed by atoms with Crippen LogP contribution in [0.5, 0.6) is 0 Å². The molecule has 2 aliphatic rings. The Morgan fingerprint density at radius 3 is 2.25 bits per heavy atom. The molecule has 0 bridgehead atoms. The second-order valence-electron chi connectivity index (χ2n) is 5.92. The molecule has 2 rings (SSSR count). The van der Waals surface area contributed by atoms with Crippen LogP contribution in [0, 0.1) is 5.92 Å². The van der Waals surface area contributed by atoms with Gasteiger partial charge in [0.1, 0.15) is 0 Å². The highest BCUT2D eigenvalue weighted by Gasteiger charge is 2.38. The zero-order valence-corrected chi connectivity index (χ0v) is 12.9. The van der Waals surface area contributed by atoms with E-state index >= 15 is 0 Å². The fraction of sp³-hybridized carbons (Fsp3) is 0.923. The van der Waals surface area contributed by atoms with Crippen molar-refractivity contribution in [3.05, 3.63) is 0 Å². The van der Waals surface area contributed by atoms with E-state index in [4.69, 9.17) is 5.73 Å². The van der Waals surface area contributed by atoms with Gasteiger partial charge in [-0.3, -0.25) is 4.79 Å². The molecule has 0 aromatic heterocycles. The van der Waals surface area contributed by atoms with Gasteiger partial charge in [0.2, 0.25) is 5.91 Å². The van der Waals surface area contributed by atoms with Crippen LogP contribution in [-0.4, -0.2) is 48.6 Å². The van der Waals surface area contributed by atoms with Gasteiger partial charge < -0.3 is 5.73 Å². The number of carbonyl (C=O) groups is 1. The number of rotatable bonds is 3. The van der Waals surface area contributed by atoms with Crippen molar-refractivity contribution in [2.45, 2.75) is 51.5 Å². The van der Waals surface area contributed by atoms with Crippen molar-refractivity contribution in [1.82, 2.24) is 8.61 Å². The Hall–Kier alpha value is -0.660. The summed E-state index contributed by atoms with van der Waals surface area (Å²) < 4.78 is 28.6. The molecule has 2 heterocycles. The lowest BCUT2D eigenvalue weighted by Gasteiger charge is -2.38. The molecule has 0 spiro atoms. The lowest BCUT2D eigenvalue weighted by atomic mass is 9.95. The van der Waals surface area contributed by atoms with Crippen molar-refractivity contribution >= 4 is 16.1 Å². The predicted molar refractivity (Wildman–Crippen MR) is 77.0 cm³/mol. The van der Waals surface area contributed by atoms with Crippen LogP contribution in [0.3, 0.4) is 0 Å². The molecule has 2 saturated heterocycles. The van der Waals surface area contributed by atoms with Crippen molar-refractivity contribution in [3.8, 4) is 0 Å². The van der Waals surface area contributed by atoms with E-state index < -0.39 is 16.1 Å². The first-order valence-electron chi connectivity index (χ1n) is 7.49. The Labute approximate surface area is 121 Å². The summed E-state index contributed by atoms with van der Waals surface area (Å²) in [6.45, 7) is 3.32. The number of hydrogen-bond acceptors (Lipinski definition) is 3. The van der Waals surface area contributed by atoms with E-state index in [0.29, 0.717) is 25.9 Å². The van der Waals surface area contributed by atoms with E-state index in [2.05, 4.69) is 0 Å². The molecule has 0 aromatic rings. The minimum Gasteiger partial charge on any atom is -0.369 e. The number of nitrogens with zero attached hydrogens (tertiary/aromatic N) is 2. The summed E-state index contributed by atoms with van der Waals surface area (Å²) in [6, 6.07) is -0.0566. The molecule has 2 N–H and O–H groups in total. The summed E-state index contributed by atoms with van der Waals surface area (Å²) in [6.07, 6.45) is 5.39. The Balaban J connectivity index is 2.15. The molecule has 1 amide bonds. The van der Waals surface area contributed by atoms with Crippen molar-refractivity contribution in [1.29, 1.82) is 0 Å². The lowest BCUT2D eigenvalue weighted by Crippen LogP contribution is -2.53. The van der Waals surface area contributed by atoms with Gasteiger partial charge in [-0.2, -0.15) is 17.0 Å². The van der Waals surface area contributed by atoms with Crippen LogP contribution < -0.4 is 5.73 Å². The van der Waals surface area contributed by atoms with Crippen LogP contribution in [0.15, 0.2) is 0 Å². The average Bonchev–Trinajstić information content (AvgIpc) is 2.68. The predicted octanol–water partition coefficient (Wildman–Crippen LogP) is 0.693. The maximum absolute atomic E-state index is 12.8. The summed E-state index contributed by atoms with van der Waals surface area (Å²) in [7, 11) is -3.47. The van der Waals surface area contributed by atoms with Gasteiger partial charge in [-0.1, -0.05) is 12.8 Å². The first-order chi connectivity index (χ1) is 9.43. The van der Waals surface area contributed by atoms with Crippen molar-refractivity contribution in [3.63, 3.8) is 0 Å². The molecule has 2 aliphatic heterocycles. The van der Waals surface area contributed by atoms with Crippen LogP contribution in [0.2, 0.25) is 0 Å². The third kappa shape index (κ3) is 3.32. The van der Waals surface area contributed by atoms with Gasteiger partial charge in [0.25, 0.3) is 10.2 Å². The molecule has 0 aliphatic carbocycles. The maximum atomic E-state index is 12.8. The highest BCUT2D eigenvalue weighted by atomic mass is 32.2. The van der Waals surface area contributed by atoms with Gasteiger partial charge in [-0.25, -0.2) is 0 Å². The fourth-order valence-corrected chi connectivity index (χ4v) is 4.99. The molecule has 6 nitrogen and oxygen atoms in total. The quantitative estimate of drug-likeness (QED) is 0.832. The molecule has 0 radical (unpaired) electrons. The van der Waals surface area contributed by atoms with Crippen LogP contribution in [0.4, 0.5) is 0 Å². The van der Waals surface area contributed by atoms with Gasteiger partial charge in [0.05, 0.1) is 5.92 Å². The molecule has 2 atom stereocenters. The van der Waals surface area contributed by atoms with Gasteiger partial charge in [0.15, 0.2) is 0 Å². The van der Waals surface area contributed by atoms with E-state index in [-0.39, 0.29) is 18.5 Å². The van der Waals surface area contributed by atoms with Crippen molar-refractivity contribution < 1.29 is 13.2 Å². The van der Waals surface area contributed by atoms with E-state index in [1.807, 2.05) is 6.92 Å². The summed E-state index contributed by atoms with van der Waals surface area (Å²) in [5.41, 5.74) is 5.35. The number of carbonyl (C=O) groups excluding carboxylic acids is 1. The second kappa shape index (κ2) is 6.41. The smallest absolute Gasteiger partial charge is 0.282 e. The summed E-state index contributed by atoms with van der Waals surface area (Å²) >= 11 is 0. The summed E-state index contributed by atoms with van der Waals surface area (Å²) in [5, 5.41) is 0. The van der Waals surface area contributed by atoms with E-state index in [1.165, 1.54) is 4.31 Å². The first-order valence-corrected chi connectivity index (χ1v) is 8.89. The molecular formula is C13H25N3O3S. The van der Waals surface area contributed by atoms with Gasteiger partial charge >= 0.3 is 0 Å². The molecule has 7 heteroatoms. The SMILES string of the molecule is CC1CCC(C(N)=O)CN1S(=O)(=O)N1CCCCCC1. The Morgan fingerprint density at radius 1 is 1.10 bits per heavy atom. The zero-order valence-electron chi connectivity index (χ0n) is 12.1. The normalized spacial score (nSPS) is 30.9. The third-order valence-electron chi connectivity index (χ3n) is 4.41. The van der Waals surface area contributed by atoms with Crippen LogP contribution >= 0.6 is 0 Å². The Bertz CT molecular complexity index is 444. The molecule has 2 fully saturated rings. The van der Waals surface area contributed by atoms with Crippen LogP contribution in [0.1, 0.15) is 45.4 Å². The molecule has 0 saturated carbocycles. The molecule has 116 valence electrons. The number of amides is 1. The minimum atomic E-state index is -3.47. The second-order valence-corrected chi connectivity index (χ2v) is 7.80. The Morgan fingerprint density at radius 2 is 1.70 bits per heavy atom. The minimum absolute atomic E-state index is 0.0566. The van der Waals surface area contributed by atoms with Gasteiger partial charge in [-0.15, -0.1) is 0 Å². The number of nitrogens with two attached hydrogens (primary N) is 1. The average molecular weight is 303 g/mol. The van der Waals surface area contributed by atoms with Crippen molar-refractivity contribution in [2.75, 3.05) is 19.6 Å². The zero-order chi connectivity index (χ0) is 14.8. The molecular weight excluding hydrogens is 278 g/mol. The molecule has 20 heavy (non-hydrogen) atoms. The van der Waals surface area contributed by atoms with Gasteiger partial charge in [-0.05, 0) is 32.6 Å². The number of piperidine rings is 1.